The lowest BCUT2D eigenvalue weighted by Gasteiger charge is -2.26. The molecule has 0 aliphatic heterocycles. The number of benzene rings is 2. The molecule has 6 heteroatoms. The minimum Gasteiger partial charge on any atom is -0.480 e. The maximum atomic E-state index is 12.8. The summed E-state index contributed by atoms with van der Waals surface area (Å²) in [5.41, 5.74) is 1.83. The van der Waals surface area contributed by atoms with Crippen molar-refractivity contribution >= 4 is 21.7 Å². The molecule has 2 aromatic carbocycles. The number of hydrogen-bond acceptors (Lipinski definition) is 3. The van der Waals surface area contributed by atoms with Crippen LogP contribution >= 0.6 is 0 Å². The van der Waals surface area contributed by atoms with Gasteiger partial charge in [-0.05, 0) is 37.1 Å². The Balaban J connectivity index is 2.64. The Morgan fingerprint density at radius 1 is 1.00 bits per heavy atom. The Labute approximate surface area is 129 Å². The molecule has 2 rings (SSSR count). The normalized spacial score (nSPS) is 11.2. The molecular weight excluding hydrogens is 302 g/mol. The largest absolute Gasteiger partial charge is 0.480 e. The molecule has 5 nitrogen and oxygen atoms in total. The van der Waals surface area contributed by atoms with E-state index in [0.717, 1.165) is 4.31 Å². The van der Waals surface area contributed by atoms with Gasteiger partial charge in [0.2, 0.25) is 0 Å². The number of para-hydroxylation sites is 1. The first-order chi connectivity index (χ1) is 10.3. The Kier molecular flexibility index (Phi) is 4.51. The molecule has 0 atom stereocenters. The summed E-state index contributed by atoms with van der Waals surface area (Å²) >= 11 is 0. The molecule has 0 aliphatic carbocycles. The van der Waals surface area contributed by atoms with Gasteiger partial charge in [0, 0.05) is 0 Å². The molecule has 0 amide bonds. The van der Waals surface area contributed by atoms with Crippen LogP contribution < -0.4 is 4.31 Å². The zero-order valence-electron chi connectivity index (χ0n) is 12.4. The molecule has 0 saturated heterocycles. The number of nitrogens with zero attached hydrogens (tertiary/aromatic N) is 1. The van der Waals surface area contributed by atoms with Crippen LogP contribution in [0.4, 0.5) is 5.69 Å². The van der Waals surface area contributed by atoms with E-state index in [1.165, 1.54) is 12.1 Å². The number of carbonyl (C=O) groups is 1. The van der Waals surface area contributed by atoms with Crippen molar-refractivity contribution in [2.24, 2.45) is 0 Å². The summed E-state index contributed by atoms with van der Waals surface area (Å²) in [7, 11) is -3.94. The Bertz CT molecular complexity index is 765. The highest BCUT2D eigenvalue weighted by molar-refractivity contribution is 7.92. The molecule has 0 radical (unpaired) electrons. The van der Waals surface area contributed by atoms with Crippen LogP contribution in [-0.2, 0) is 14.8 Å². The maximum Gasteiger partial charge on any atom is 0.324 e. The van der Waals surface area contributed by atoms with Crippen LogP contribution in [0.3, 0.4) is 0 Å². The highest BCUT2D eigenvalue weighted by Gasteiger charge is 2.28. The zero-order chi connectivity index (χ0) is 16.3. The molecular formula is C16H17NO4S. The van der Waals surface area contributed by atoms with Crippen molar-refractivity contribution in [2.45, 2.75) is 18.7 Å². The van der Waals surface area contributed by atoms with Crippen molar-refractivity contribution in [3.8, 4) is 0 Å². The molecule has 2 aromatic rings. The number of anilines is 1. The molecule has 0 saturated carbocycles. The first-order valence-corrected chi connectivity index (χ1v) is 8.14. The first-order valence-electron chi connectivity index (χ1n) is 6.70. The molecule has 116 valence electrons. The Morgan fingerprint density at radius 2 is 1.55 bits per heavy atom. The fourth-order valence-corrected chi connectivity index (χ4v) is 3.89. The third-order valence-corrected chi connectivity index (χ3v) is 5.06. The molecule has 0 heterocycles. The van der Waals surface area contributed by atoms with Crippen molar-refractivity contribution in [1.29, 1.82) is 0 Å². The fraction of sp³-hybridized carbons (Fsp3) is 0.188. The third-order valence-electron chi connectivity index (χ3n) is 3.30. The van der Waals surface area contributed by atoms with Gasteiger partial charge in [-0.2, -0.15) is 0 Å². The van der Waals surface area contributed by atoms with Gasteiger partial charge in [-0.25, -0.2) is 8.42 Å². The van der Waals surface area contributed by atoms with Crippen molar-refractivity contribution in [3.05, 3.63) is 59.7 Å². The minimum atomic E-state index is -3.94. The van der Waals surface area contributed by atoms with Gasteiger partial charge in [0.25, 0.3) is 10.0 Å². The van der Waals surface area contributed by atoms with Crippen LogP contribution in [0.1, 0.15) is 11.1 Å². The SMILES string of the molecule is Cc1cccc(C)c1N(CC(=O)O)S(=O)(=O)c1ccccc1. The van der Waals surface area contributed by atoms with E-state index in [4.69, 9.17) is 5.11 Å². The fourth-order valence-electron chi connectivity index (χ4n) is 2.33. The van der Waals surface area contributed by atoms with Gasteiger partial charge in [0.05, 0.1) is 10.6 Å². The lowest BCUT2D eigenvalue weighted by Crippen LogP contribution is -2.36. The van der Waals surface area contributed by atoms with Gasteiger partial charge in [-0.3, -0.25) is 9.10 Å². The summed E-state index contributed by atoms with van der Waals surface area (Å²) in [6, 6.07) is 13.2. The van der Waals surface area contributed by atoms with E-state index in [1.54, 1.807) is 44.2 Å². The molecule has 0 spiro atoms. The van der Waals surface area contributed by atoms with Crippen molar-refractivity contribution < 1.29 is 18.3 Å². The summed E-state index contributed by atoms with van der Waals surface area (Å²) < 4.78 is 26.6. The molecule has 0 fully saturated rings. The second-order valence-corrected chi connectivity index (χ2v) is 6.82. The van der Waals surface area contributed by atoms with Crippen molar-refractivity contribution in [3.63, 3.8) is 0 Å². The number of rotatable bonds is 5. The second kappa shape index (κ2) is 6.19. The predicted molar refractivity (Wildman–Crippen MR) is 84.5 cm³/mol. The van der Waals surface area contributed by atoms with Crippen LogP contribution in [0, 0.1) is 13.8 Å². The van der Waals surface area contributed by atoms with Crippen LogP contribution in [-0.4, -0.2) is 26.0 Å². The number of carboxylic acid groups (broad SMARTS) is 1. The van der Waals surface area contributed by atoms with Crippen LogP contribution in [0.25, 0.3) is 0 Å². The lowest BCUT2D eigenvalue weighted by molar-refractivity contribution is -0.135. The molecule has 0 bridgehead atoms. The number of aliphatic carboxylic acids is 1. The van der Waals surface area contributed by atoms with Gasteiger partial charge in [-0.15, -0.1) is 0 Å². The summed E-state index contributed by atoms with van der Waals surface area (Å²) in [5.74, 6) is -1.21. The standard InChI is InChI=1S/C16H17NO4S/c1-12-7-6-8-13(2)16(12)17(11-15(18)19)22(20,21)14-9-4-3-5-10-14/h3-10H,11H2,1-2H3,(H,18,19). The lowest BCUT2D eigenvalue weighted by atomic mass is 10.1. The smallest absolute Gasteiger partial charge is 0.324 e. The summed E-state index contributed by atoms with van der Waals surface area (Å²) in [6.45, 7) is 2.90. The van der Waals surface area contributed by atoms with E-state index in [9.17, 15) is 13.2 Å². The van der Waals surface area contributed by atoms with Gasteiger partial charge >= 0.3 is 5.97 Å². The van der Waals surface area contributed by atoms with Crippen molar-refractivity contribution in [1.82, 2.24) is 0 Å². The highest BCUT2D eigenvalue weighted by atomic mass is 32.2. The van der Waals surface area contributed by atoms with E-state index in [1.807, 2.05) is 6.07 Å². The highest BCUT2D eigenvalue weighted by Crippen LogP contribution is 2.29. The molecule has 0 unspecified atom stereocenters. The van der Waals surface area contributed by atoms with E-state index >= 15 is 0 Å². The number of hydrogen-bond donors (Lipinski definition) is 1. The van der Waals surface area contributed by atoms with Gasteiger partial charge in [0.15, 0.2) is 0 Å². The molecule has 0 aliphatic rings. The predicted octanol–water partition coefficient (Wildman–Crippen LogP) is 2.58. The number of sulfonamides is 1. The molecule has 22 heavy (non-hydrogen) atoms. The van der Waals surface area contributed by atoms with E-state index in [2.05, 4.69) is 0 Å². The van der Waals surface area contributed by atoms with Gasteiger partial charge in [-0.1, -0.05) is 36.4 Å². The van der Waals surface area contributed by atoms with Crippen LogP contribution in [0.2, 0.25) is 0 Å². The maximum absolute atomic E-state index is 12.8. The average molecular weight is 319 g/mol. The van der Waals surface area contributed by atoms with Crippen LogP contribution in [0.5, 0.6) is 0 Å². The monoisotopic (exact) mass is 319 g/mol. The zero-order valence-corrected chi connectivity index (χ0v) is 13.2. The summed E-state index contributed by atoms with van der Waals surface area (Å²) in [5, 5.41) is 9.13. The Morgan fingerprint density at radius 3 is 2.05 bits per heavy atom. The minimum absolute atomic E-state index is 0.0684. The van der Waals surface area contributed by atoms with Gasteiger partial charge < -0.3 is 5.11 Å². The number of carboxylic acids is 1. The van der Waals surface area contributed by atoms with E-state index in [0.29, 0.717) is 16.8 Å². The van der Waals surface area contributed by atoms with Crippen LogP contribution in [0.15, 0.2) is 53.4 Å². The quantitative estimate of drug-likeness (QED) is 0.919. The topological polar surface area (TPSA) is 74.7 Å². The third kappa shape index (κ3) is 3.12. The van der Waals surface area contributed by atoms with Gasteiger partial charge in [0.1, 0.15) is 6.54 Å². The Hall–Kier alpha value is -2.34. The molecule has 0 aromatic heterocycles. The molecule has 1 N–H and O–H groups in total. The van der Waals surface area contributed by atoms with Crippen molar-refractivity contribution in [2.75, 3.05) is 10.8 Å². The average Bonchev–Trinajstić information content (AvgIpc) is 2.46. The van der Waals surface area contributed by atoms with E-state index < -0.39 is 22.5 Å². The first kappa shape index (κ1) is 16.0. The summed E-state index contributed by atoms with van der Waals surface area (Å²) in [6.07, 6.45) is 0. The second-order valence-electron chi connectivity index (χ2n) is 4.96. The number of aryl methyl sites for hydroxylation is 2. The van der Waals surface area contributed by atoms with E-state index in [-0.39, 0.29) is 4.90 Å². The summed E-state index contributed by atoms with van der Waals surface area (Å²) in [4.78, 5) is 11.2.